The summed E-state index contributed by atoms with van der Waals surface area (Å²) in [7, 11) is 0. The second kappa shape index (κ2) is 6.05. The van der Waals surface area contributed by atoms with Crippen molar-refractivity contribution in [2.24, 2.45) is 0 Å². The van der Waals surface area contributed by atoms with Crippen molar-refractivity contribution >= 4 is 33.2 Å². The van der Waals surface area contributed by atoms with Crippen LogP contribution in [0.1, 0.15) is 21.5 Å². The van der Waals surface area contributed by atoms with Gasteiger partial charge in [-0.25, -0.2) is 0 Å². The van der Waals surface area contributed by atoms with Gasteiger partial charge in [-0.15, -0.1) is 0 Å². The number of halogens is 1. The molecule has 108 valence electrons. The summed E-state index contributed by atoms with van der Waals surface area (Å²) < 4.78 is 0.857. The molecule has 1 N–H and O–H groups in total. The number of nitro groups is 1. The Morgan fingerprint density at radius 2 is 1.95 bits per heavy atom. The Kier molecular flexibility index (Phi) is 4.37. The Bertz CT molecular complexity index is 729. The first-order valence-corrected chi connectivity index (χ1v) is 7.01. The number of aryl methyl sites for hydroxylation is 1. The van der Waals surface area contributed by atoms with Crippen LogP contribution in [0.15, 0.2) is 40.9 Å². The maximum Gasteiger partial charge on any atom is 0.272 e. The van der Waals surface area contributed by atoms with E-state index in [1.54, 1.807) is 25.1 Å². The van der Waals surface area contributed by atoms with Crippen molar-refractivity contribution in [3.05, 3.63) is 67.7 Å². The molecule has 0 atom stereocenters. The molecule has 0 radical (unpaired) electrons. The van der Waals surface area contributed by atoms with Crippen LogP contribution in [0.5, 0.6) is 0 Å². The quantitative estimate of drug-likeness (QED) is 0.666. The molecule has 2 rings (SSSR count). The van der Waals surface area contributed by atoms with Gasteiger partial charge < -0.3 is 5.32 Å². The molecule has 1 amide bonds. The van der Waals surface area contributed by atoms with Crippen LogP contribution in [-0.2, 0) is 0 Å². The predicted octanol–water partition coefficient (Wildman–Crippen LogP) is 4.23. The lowest BCUT2D eigenvalue weighted by atomic mass is 10.1. The molecule has 0 spiro atoms. The van der Waals surface area contributed by atoms with Gasteiger partial charge in [0.25, 0.3) is 11.6 Å². The summed E-state index contributed by atoms with van der Waals surface area (Å²) in [5.41, 5.74) is 2.46. The first-order chi connectivity index (χ1) is 9.90. The van der Waals surface area contributed by atoms with Crippen LogP contribution in [0.3, 0.4) is 0 Å². The van der Waals surface area contributed by atoms with Gasteiger partial charge in [-0.05, 0) is 43.7 Å². The minimum atomic E-state index is -0.445. The van der Waals surface area contributed by atoms with Crippen LogP contribution in [-0.4, -0.2) is 10.8 Å². The lowest BCUT2D eigenvalue weighted by Gasteiger charge is -2.09. The van der Waals surface area contributed by atoms with Gasteiger partial charge in [0.15, 0.2) is 0 Å². The minimum Gasteiger partial charge on any atom is -0.322 e. The zero-order valence-corrected chi connectivity index (χ0v) is 13.1. The minimum absolute atomic E-state index is 0.0339. The first-order valence-electron chi connectivity index (χ1n) is 6.21. The molecule has 0 bridgehead atoms. The van der Waals surface area contributed by atoms with Gasteiger partial charge in [0.05, 0.1) is 4.92 Å². The van der Waals surface area contributed by atoms with E-state index in [0.29, 0.717) is 16.8 Å². The van der Waals surface area contributed by atoms with Gasteiger partial charge in [-0.1, -0.05) is 22.0 Å². The molecule has 0 fully saturated rings. The van der Waals surface area contributed by atoms with Crippen molar-refractivity contribution < 1.29 is 9.72 Å². The summed E-state index contributed by atoms with van der Waals surface area (Å²) in [6.07, 6.45) is 0. The SMILES string of the molecule is Cc1cc(NC(=O)c2cccc(Br)c2C)ccc1[N+](=O)[O-]. The summed E-state index contributed by atoms with van der Waals surface area (Å²) >= 11 is 3.38. The van der Waals surface area contributed by atoms with Gasteiger partial charge in [0, 0.05) is 27.4 Å². The number of hydrogen-bond acceptors (Lipinski definition) is 3. The number of anilines is 1. The fourth-order valence-electron chi connectivity index (χ4n) is 1.99. The molecule has 0 saturated carbocycles. The summed E-state index contributed by atoms with van der Waals surface area (Å²) in [6.45, 7) is 3.48. The van der Waals surface area contributed by atoms with Crippen LogP contribution in [0.25, 0.3) is 0 Å². The summed E-state index contributed by atoms with van der Waals surface area (Å²) in [6, 6.07) is 9.88. The maximum absolute atomic E-state index is 12.3. The highest BCUT2D eigenvalue weighted by Crippen LogP contribution is 2.23. The molecule has 5 nitrogen and oxygen atoms in total. The lowest BCUT2D eigenvalue weighted by molar-refractivity contribution is -0.385. The van der Waals surface area contributed by atoms with E-state index in [-0.39, 0.29) is 11.6 Å². The van der Waals surface area contributed by atoms with Crippen molar-refractivity contribution in [3.63, 3.8) is 0 Å². The zero-order chi connectivity index (χ0) is 15.6. The van der Waals surface area contributed by atoms with Crippen LogP contribution in [0.2, 0.25) is 0 Å². The number of nitrogens with zero attached hydrogens (tertiary/aromatic N) is 1. The van der Waals surface area contributed by atoms with E-state index in [2.05, 4.69) is 21.2 Å². The Balaban J connectivity index is 2.26. The number of benzene rings is 2. The number of rotatable bonds is 3. The van der Waals surface area contributed by atoms with Gasteiger partial charge >= 0.3 is 0 Å². The second-order valence-electron chi connectivity index (χ2n) is 4.62. The summed E-state index contributed by atoms with van der Waals surface area (Å²) in [5.74, 6) is -0.248. The lowest BCUT2D eigenvalue weighted by Crippen LogP contribution is -2.13. The standard InChI is InChI=1S/C15H13BrN2O3/c1-9-8-11(6-7-14(9)18(20)21)17-15(19)12-4-3-5-13(16)10(12)2/h3-8H,1-2H3,(H,17,19). The molecule has 0 saturated heterocycles. The highest BCUT2D eigenvalue weighted by molar-refractivity contribution is 9.10. The number of carbonyl (C=O) groups is 1. The fraction of sp³-hybridized carbons (Fsp3) is 0.133. The first kappa shape index (κ1) is 15.2. The molecule has 0 aliphatic rings. The Morgan fingerprint density at radius 3 is 2.57 bits per heavy atom. The third kappa shape index (κ3) is 3.28. The van der Waals surface area contributed by atoms with E-state index in [9.17, 15) is 14.9 Å². The van der Waals surface area contributed by atoms with Crippen LogP contribution < -0.4 is 5.32 Å². The molecule has 2 aromatic carbocycles. The zero-order valence-electron chi connectivity index (χ0n) is 11.5. The number of nitrogens with one attached hydrogen (secondary N) is 1. The highest BCUT2D eigenvalue weighted by Gasteiger charge is 2.14. The van der Waals surface area contributed by atoms with Gasteiger partial charge in [-0.2, -0.15) is 0 Å². The van der Waals surface area contributed by atoms with Crippen LogP contribution in [0.4, 0.5) is 11.4 Å². The Hall–Kier alpha value is -2.21. The van der Waals surface area contributed by atoms with E-state index in [1.165, 1.54) is 12.1 Å². The van der Waals surface area contributed by atoms with Crippen molar-refractivity contribution in [1.82, 2.24) is 0 Å². The third-order valence-corrected chi connectivity index (χ3v) is 4.02. The summed E-state index contributed by atoms with van der Waals surface area (Å²) in [4.78, 5) is 22.6. The largest absolute Gasteiger partial charge is 0.322 e. The molecule has 21 heavy (non-hydrogen) atoms. The average molecular weight is 349 g/mol. The van der Waals surface area contributed by atoms with Gasteiger partial charge in [0.2, 0.25) is 0 Å². The third-order valence-electron chi connectivity index (χ3n) is 3.16. The van der Waals surface area contributed by atoms with E-state index < -0.39 is 4.92 Å². The van der Waals surface area contributed by atoms with Crippen LogP contribution >= 0.6 is 15.9 Å². The number of carbonyl (C=O) groups excluding carboxylic acids is 1. The summed E-state index contributed by atoms with van der Waals surface area (Å²) in [5, 5.41) is 13.5. The number of amides is 1. The topological polar surface area (TPSA) is 72.2 Å². The molecule has 0 aliphatic carbocycles. The Morgan fingerprint density at radius 1 is 1.24 bits per heavy atom. The molecule has 0 aromatic heterocycles. The molecule has 6 heteroatoms. The molecular formula is C15H13BrN2O3. The van der Waals surface area contributed by atoms with E-state index in [0.717, 1.165) is 10.0 Å². The van der Waals surface area contributed by atoms with E-state index in [1.807, 2.05) is 13.0 Å². The maximum atomic E-state index is 12.3. The number of nitro benzene ring substituents is 1. The second-order valence-corrected chi connectivity index (χ2v) is 5.48. The van der Waals surface area contributed by atoms with Crippen molar-refractivity contribution in [2.45, 2.75) is 13.8 Å². The monoisotopic (exact) mass is 348 g/mol. The highest BCUT2D eigenvalue weighted by atomic mass is 79.9. The number of hydrogen-bond donors (Lipinski definition) is 1. The van der Waals surface area contributed by atoms with Crippen molar-refractivity contribution in [3.8, 4) is 0 Å². The Labute approximate surface area is 130 Å². The smallest absolute Gasteiger partial charge is 0.272 e. The average Bonchev–Trinajstić information content (AvgIpc) is 2.41. The molecule has 0 unspecified atom stereocenters. The van der Waals surface area contributed by atoms with Crippen molar-refractivity contribution in [1.29, 1.82) is 0 Å². The van der Waals surface area contributed by atoms with E-state index >= 15 is 0 Å². The van der Waals surface area contributed by atoms with Gasteiger partial charge in [-0.3, -0.25) is 14.9 Å². The fourth-order valence-corrected chi connectivity index (χ4v) is 2.36. The molecule has 2 aromatic rings. The molecular weight excluding hydrogens is 336 g/mol. The van der Waals surface area contributed by atoms with Crippen LogP contribution in [0, 0.1) is 24.0 Å². The van der Waals surface area contributed by atoms with E-state index in [4.69, 9.17) is 0 Å². The van der Waals surface area contributed by atoms with Crippen molar-refractivity contribution in [2.75, 3.05) is 5.32 Å². The molecule has 0 heterocycles. The normalized spacial score (nSPS) is 10.2. The molecule has 0 aliphatic heterocycles. The predicted molar refractivity (Wildman–Crippen MR) is 84.7 cm³/mol. The van der Waals surface area contributed by atoms with Gasteiger partial charge in [0.1, 0.15) is 0 Å².